The smallest absolute Gasteiger partial charge is 0.475 e. The Bertz CT molecular complexity index is 897. The fourth-order valence-corrected chi connectivity index (χ4v) is 2.99. The average molecular weight is 458 g/mol. The molecule has 2 heterocycles. The van der Waals surface area contributed by atoms with Crippen LogP contribution < -0.4 is 4.90 Å². The monoisotopic (exact) mass is 458 g/mol. The summed E-state index contributed by atoms with van der Waals surface area (Å²) in [4.78, 5) is 25.7. The Morgan fingerprint density at radius 3 is 2.44 bits per heavy atom. The van der Waals surface area contributed by atoms with E-state index in [-0.39, 0.29) is 19.1 Å². The predicted molar refractivity (Wildman–Crippen MR) is 108 cm³/mol. The van der Waals surface area contributed by atoms with Gasteiger partial charge in [0, 0.05) is 56.2 Å². The number of aliphatic carboxylic acids is 1. The van der Waals surface area contributed by atoms with E-state index in [1.54, 1.807) is 15.8 Å². The summed E-state index contributed by atoms with van der Waals surface area (Å²) in [5.74, 6) is -2.85. The molecule has 0 unspecified atom stereocenters. The van der Waals surface area contributed by atoms with E-state index in [1.807, 2.05) is 37.5 Å². The van der Waals surface area contributed by atoms with Crippen LogP contribution in [0.5, 0.6) is 0 Å². The van der Waals surface area contributed by atoms with E-state index < -0.39 is 12.1 Å². The van der Waals surface area contributed by atoms with Crippen LogP contribution in [-0.4, -0.2) is 82.4 Å². The van der Waals surface area contributed by atoms with Crippen molar-refractivity contribution in [2.45, 2.75) is 12.7 Å². The molecule has 0 spiro atoms. The number of aliphatic hydroxyl groups excluding tert-OH is 1. The number of hydrogen-bond donors (Lipinski definition) is 2. The number of aliphatic hydroxyl groups is 1. The number of alkyl halides is 3. The van der Waals surface area contributed by atoms with Gasteiger partial charge in [0.1, 0.15) is 0 Å². The second-order valence-electron chi connectivity index (χ2n) is 6.93. The second kappa shape index (κ2) is 11.5. The molecule has 1 aliphatic heterocycles. The van der Waals surface area contributed by atoms with Crippen LogP contribution in [0.2, 0.25) is 0 Å². The third-order valence-electron chi connectivity index (χ3n) is 4.50. The van der Waals surface area contributed by atoms with Crippen molar-refractivity contribution in [2.24, 2.45) is 7.05 Å². The minimum Gasteiger partial charge on any atom is -0.475 e. The molecule has 1 aromatic heterocycles. The first-order valence-corrected chi connectivity index (χ1v) is 9.72. The van der Waals surface area contributed by atoms with Crippen LogP contribution in [0.4, 0.5) is 18.9 Å². The van der Waals surface area contributed by atoms with Crippen molar-refractivity contribution in [3.8, 4) is 0 Å². The lowest BCUT2D eigenvalue weighted by Gasteiger charge is -2.29. The number of anilines is 1. The van der Waals surface area contributed by atoms with Crippen molar-refractivity contribution in [1.82, 2.24) is 14.7 Å². The molecule has 1 aromatic carbocycles. The zero-order valence-electron chi connectivity index (χ0n) is 17.5. The summed E-state index contributed by atoms with van der Waals surface area (Å²) in [5, 5.41) is 20.6. The Balaban J connectivity index is 0.000000451. The first-order valence-electron chi connectivity index (χ1n) is 9.72. The summed E-state index contributed by atoms with van der Waals surface area (Å²) in [6, 6.07) is 7.65. The van der Waals surface area contributed by atoms with Crippen LogP contribution in [0, 0.1) is 0 Å². The molecule has 9 nitrogen and oxygen atoms in total. The summed E-state index contributed by atoms with van der Waals surface area (Å²) in [6.07, 6.45) is -1.47. The Hall–Kier alpha value is -3.12. The highest BCUT2D eigenvalue weighted by molar-refractivity contribution is 5.95. The molecule has 1 amide bonds. The van der Waals surface area contributed by atoms with Gasteiger partial charge in [-0.3, -0.25) is 9.48 Å². The molecule has 0 aliphatic carbocycles. The largest absolute Gasteiger partial charge is 0.490 e. The normalized spacial score (nSPS) is 13.8. The van der Waals surface area contributed by atoms with E-state index in [9.17, 15) is 23.1 Å². The van der Waals surface area contributed by atoms with Gasteiger partial charge in [0.2, 0.25) is 0 Å². The van der Waals surface area contributed by atoms with Crippen molar-refractivity contribution < 1.29 is 37.7 Å². The van der Waals surface area contributed by atoms with Crippen LogP contribution in [0.15, 0.2) is 36.7 Å². The third kappa shape index (κ3) is 7.54. The number of amides is 1. The Morgan fingerprint density at radius 2 is 1.91 bits per heavy atom. The highest BCUT2D eigenvalue weighted by Crippen LogP contribution is 2.19. The number of nitrogens with zero attached hydrogens (tertiary/aromatic N) is 4. The topological polar surface area (TPSA) is 108 Å². The van der Waals surface area contributed by atoms with Gasteiger partial charge < -0.3 is 24.7 Å². The quantitative estimate of drug-likeness (QED) is 0.676. The van der Waals surface area contributed by atoms with Crippen LogP contribution in [0.1, 0.15) is 15.9 Å². The first-order chi connectivity index (χ1) is 15.1. The average Bonchev–Trinajstić information content (AvgIpc) is 3.18. The fourth-order valence-electron chi connectivity index (χ4n) is 2.99. The summed E-state index contributed by atoms with van der Waals surface area (Å²) in [6.45, 7) is 3.70. The fraction of sp³-hybridized carbons (Fsp3) is 0.450. The van der Waals surface area contributed by atoms with Crippen molar-refractivity contribution in [1.29, 1.82) is 0 Å². The van der Waals surface area contributed by atoms with Crippen molar-refractivity contribution >= 4 is 17.6 Å². The molecule has 176 valence electrons. The Kier molecular flexibility index (Phi) is 9.02. The number of aryl methyl sites for hydroxylation is 1. The van der Waals surface area contributed by atoms with Crippen molar-refractivity contribution in [3.05, 3.63) is 47.8 Å². The minimum atomic E-state index is -5.08. The molecule has 2 aromatic rings. The maximum absolute atomic E-state index is 12.9. The number of carbonyl (C=O) groups excluding carboxylic acids is 1. The Labute approximate surface area is 182 Å². The number of hydrogen-bond acceptors (Lipinski definition) is 6. The number of carboxylic acid groups (broad SMARTS) is 1. The van der Waals surface area contributed by atoms with E-state index in [0.717, 1.165) is 24.3 Å². The van der Waals surface area contributed by atoms with Crippen LogP contribution in [0.3, 0.4) is 0 Å². The number of carbonyl (C=O) groups is 2. The van der Waals surface area contributed by atoms with E-state index in [0.29, 0.717) is 25.3 Å². The highest BCUT2D eigenvalue weighted by atomic mass is 19.4. The van der Waals surface area contributed by atoms with Crippen molar-refractivity contribution in [2.75, 3.05) is 44.4 Å². The van der Waals surface area contributed by atoms with Gasteiger partial charge in [-0.2, -0.15) is 18.3 Å². The molecular weight excluding hydrogens is 433 g/mol. The number of benzene rings is 1. The van der Waals surface area contributed by atoms with Gasteiger partial charge in [0.25, 0.3) is 5.91 Å². The summed E-state index contributed by atoms with van der Waals surface area (Å²) in [5.41, 5.74) is 2.59. The zero-order valence-corrected chi connectivity index (χ0v) is 17.5. The van der Waals surface area contributed by atoms with Gasteiger partial charge >= 0.3 is 12.1 Å². The summed E-state index contributed by atoms with van der Waals surface area (Å²) in [7, 11) is 1.84. The van der Waals surface area contributed by atoms with Gasteiger partial charge in [-0.25, -0.2) is 4.79 Å². The maximum Gasteiger partial charge on any atom is 0.490 e. The van der Waals surface area contributed by atoms with Crippen LogP contribution in [0.25, 0.3) is 0 Å². The first kappa shape index (κ1) is 25.1. The summed E-state index contributed by atoms with van der Waals surface area (Å²) >= 11 is 0. The zero-order chi connectivity index (χ0) is 23.7. The standard InChI is InChI=1S/C18H24N4O3.C2HF3O2/c1-20-13-15(12-19-20)14-22(5-8-23)18(24)16-3-2-4-17(11-16)21-6-9-25-10-7-21;3-2(4,5)1(6)7/h2-4,11-13,23H,5-10,14H2,1H3;(H,6,7). The summed E-state index contributed by atoms with van der Waals surface area (Å²) < 4.78 is 38.8. The molecule has 0 bridgehead atoms. The molecular formula is C20H25F3N4O5. The lowest BCUT2D eigenvalue weighted by atomic mass is 10.1. The van der Waals surface area contributed by atoms with E-state index >= 15 is 0 Å². The molecule has 0 atom stereocenters. The molecule has 3 rings (SSSR count). The van der Waals surface area contributed by atoms with Crippen molar-refractivity contribution in [3.63, 3.8) is 0 Å². The number of morpholine rings is 1. The Morgan fingerprint density at radius 1 is 1.25 bits per heavy atom. The molecule has 32 heavy (non-hydrogen) atoms. The highest BCUT2D eigenvalue weighted by Gasteiger charge is 2.38. The number of halogens is 3. The third-order valence-corrected chi connectivity index (χ3v) is 4.50. The van der Waals surface area contributed by atoms with Gasteiger partial charge in [-0.05, 0) is 18.2 Å². The van der Waals surface area contributed by atoms with Gasteiger partial charge in [0.15, 0.2) is 0 Å². The van der Waals surface area contributed by atoms with Gasteiger partial charge in [0.05, 0.1) is 26.0 Å². The SMILES string of the molecule is Cn1cc(CN(CCO)C(=O)c2cccc(N3CCOCC3)c2)cn1.O=C(O)C(F)(F)F. The van der Waals surface area contributed by atoms with Gasteiger partial charge in [-0.1, -0.05) is 6.07 Å². The van der Waals surface area contributed by atoms with E-state index in [4.69, 9.17) is 14.6 Å². The predicted octanol–water partition coefficient (Wildman–Crippen LogP) is 1.52. The molecule has 2 N–H and O–H groups in total. The van der Waals surface area contributed by atoms with Crippen LogP contribution in [-0.2, 0) is 23.1 Å². The maximum atomic E-state index is 12.9. The second-order valence-corrected chi connectivity index (χ2v) is 6.93. The molecule has 1 fully saturated rings. The lowest BCUT2D eigenvalue weighted by Crippen LogP contribution is -2.36. The lowest BCUT2D eigenvalue weighted by molar-refractivity contribution is -0.192. The number of carboxylic acids is 1. The molecule has 0 radical (unpaired) electrons. The van der Waals surface area contributed by atoms with E-state index in [1.165, 1.54) is 0 Å². The number of ether oxygens (including phenoxy) is 1. The molecule has 1 saturated heterocycles. The molecule has 12 heteroatoms. The molecule has 0 saturated carbocycles. The molecule has 1 aliphatic rings. The number of rotatable bonds is 6. The van der Waals surface area contributed by atoms with Gasteiger partial charge in [-0.15, -0.1) is 0 Å². The minimum absolute atomic E-state index is 0.0742. The number of aromatic nitrogens is 2. The van der Waals surface area contributed by atoms with Crippen LogP contribution >= 0.6 is 0 Å². The van der Waals surface area contributed by atoms with E-state index in [2.05, 4.69) is 10.00 Å².